The van der Waals surface area contributed by atoms with Gasteiger partial charge < -0.3 is 33.8 Å². The molecule has 24 heteroatoms. The van der Waals surface area contributed by atoms with Crippen molar-refractivity contribution in [3.05, 3.63) is 279 Å². The Morgan fingerprint density at radius 2 is 1.16 bits per heavy atom. The summed E-state index contributed by atoms with van der Waals surface area (Å²) < 4.78 is 57.8. The SMILES string of the molecule is CCn1c(-c2ccccc2)c(C)c(C(=O)C(C(=O)Nc2cc(S(=O)(=O)Nc3ccccc3Cl)ccc2C)N2C(=O)NC(C)(C)[N+]2=O)c1-c1ccccc1.Cc1ccc(Cl)c(NC(=O)C(Oc2ccc(S(=O)Oc3ccc(O)cc3)cc2)C(=O)c2cc(-c3ccccc3)n(C)c2-c2ccccc2)c1. The maximum atomic E-state index is 15.2. The number of para-hydroxylation sites is 1. The van der Waals surface area contributed by atoms with Gasteiger partial charge in [-0.05, 0) is 163 Å². The highest BCUT2D eigenvalue weighted by atomic mass is 35.5. The molecular weight excluding hydrogens is 1380 g/mol. The molecule has 12 rings (SSSR count). The van der Waals surface area contributed by atoms with Crippen LogP contribution in [0.3, 0.4) is 0 Å². The predicted molar refractivity (Wildman–Crippen MR) is 395 cm³/mol. The predicted octanol–water partition coefficient (Wildman–Crippen LogP) is 16.0. The number of carbonyl (C=O) groups excluding carboxylic acids is 5. The molecule has 0 bridgehead atoms. The highest BCUT2D eigenvalue weighted by Gasteiger charge is 2.60. The van der Waals surface area contributed by atoms with Gasteiger partial charge in [0.2, 0.25) is 34.8 Å². The number of ketones is 2. The largest absolute Gasteiger partial charge is 0.508 e. The van der Waals surface area contributed by atoms with Gasteiger partial charge in [-0.15, -0.1) is 0 Å². The van der Waals surface area contributed by atoms with Crippen LogP contribution in [-0.4, -0.2) is 84.0 Å². The van der Waals surface area contributed by atoms with Gasteiger partial charge in [0.1, 0.15) is 17.2 Å². The first-order chi connectivity index (χ1) is 48.8. The maximum Gasteiger partial charge on any atom is 0.380 e. The van der Waals surface area contributed by atoms with E-state index in [-0.39, 0.29) is 43.2 Å². The number of nitrogens with one attached hydrogen (secondary N) is 4. The first kappa shape index (κ1) is 71.8. The molecule has 9 aromatic carbocycles. The lowest BCUT2D eigenvalue weighted by Crippen LogP contribution is -2.53. The molecule has 4 amide bonds. The molecule has 1 saturated heterocycles. The third-order valence-corrected chi connectivity index (χ3v) is 19.9. The van der Waals surface area contributed by atoms with Gasteiger partial charge >= 0.3 is 11.7 Å². The molecule has 0 aliphatic carbocycles. The second kappa shape index (κ2) is 30.6. The van der Waals surface area contributed by atoms with Gasteiger partial charge in [-0.2, -0.15) is 0 Å². The van der Waals surface area contributed by atoms with Crippen LogP contribution in [0.5, 0.6) is 17.2 Å². The van der Waals surface area contributed by atoms with Crippen LogP contribution >= 0.6 is 23.2 Å². The summed E-state index contributed by atoms with van der Waals surface area (Å²) in [5, 5.41) is 18.6. The Hall–Kier alpha value is -11.4. The minimum Gasteiger partial charge on any atom is -0.508 e. The number of sulfonamides is 1. The smallest absolute Gasteiger partial charge is 0.380 e. The summed E-state index contributed by atoms with van der Waals surface area (Å²) in [6.45, 7) is 10.6. The fourth-order valence-corrected chi connectivity index (χ4v) is 14.1. The lowest BCUT2D eigenvalue weighted by Gasteiger charge is -2.20. The van der Waals surface area contributed by atoms with Gasteiger partial charge in [-0.1, -0.05) is 169 Å². The summed E-state index contributed by atoms with van der Waals surface area (Å²) in [6, 6.07) is 64.2. The molecule has 3 unspecified atom stereocenters. The second-order valence-corrected chi connectivity index (χ2v) is 27.9. The number of nitrogens with zero attached hydrogens (tertiary/aromatic N) is 4. The van der Waals surface area contributed by atoms with Crippen LogP contribution in [0.2, 0.25) is 10.0 Å². The molecule has 102 heavy (non-hydrogen) atoms. The molecule has 2 aromatic heterocycles. The number of hydrogen-bond acceptors (Lipinski definition) is 12. The van der Waals surface area contributed by atoms with Gasteiger partial charge in [0.15, 0.2) is 4.87 Å². The third-order valence-electron chi connectivity index (χ3n) is 16.8. The number of hydrazine groups is 1. The standard InChI is InChI=1S/C39H37ClN6O6S.C39H31ClN2O6S/c1-6-44-33(26-15-9-7-10-16-26)25(3)32(34(44)27-17-11-8-12-18-27)36(47)35(45-38(49)42-39(4,5)46(45)50)37(48)41-31-23-28(22-21-24(31)2)53(51,52)43-30-20-14-13-19-29(30)40;1-25-13-22-33(40)34(23-25)41-39(45)38(47-29-18-20-31(21-19-29)49(46)48-30-16-14-28(43)15-17-30)37(44)32-24-35(26-9-5-3-6-10-26)42(2)36(32)27-11-7-4-8-12-27/h7-23,35,43H,6H2,1-5H3,(H-,41,42,48,49);3-24,38,43H,1-2H3,(H,41,45)/p+1. The lowest BCUT2D eigenvalue weighted by atomic mass is 9.95. The molecule has 0 spiro atoms. The number of carbonyl (C=O) groups is 5. The Balaban J connectivity index is 0.000000206. The molecule has 1 aliphatic rings. The van der Waals surface area contributed by atoms with Crippen molar-refractivity contribution in [2.45, 2.75) is 75.7 Å². The van der Waals surface area contributed by atoms with Gasteiger partial charge in [-0.3, -0.25) is 29.2 Å². The number of halogens is 2. The average Bonchev–Trinajstić information content (AvgIpc) is 1.58. The number of urea groups is 1. The van der Waals surface area contributed by atoms with E-state index in [1.165, 1.54) is 92.7 Å². The fraction of sp³-hybridized carbons (Fsp3) is 0.141. The summed E-state index contributed by atoms with van der Waals surface area (Å²) in [5.41, 5.74) is 7.21. The van der Waals surface area contributed by atoms with Crippen LogP contribution in [0.15, 0.2) is 246 Å². The molecule has 5 N–H and O–H groups in total. The van der Waals surface area contributed by atoms with Crippen molar-refractivity contribution in [3.63, 3.8) is 0 Å². The Morgan fingerprint density at radius 1 is 0.618 bits per heavy atom. The number of benzene rings is 9. The molecular formula is C78H69Cl2N8O12S2+. The molecule has 1 aliphatic heterocycles. The Bertz CT molecular complexity index is 5160. The minimum absolute atomic E-state index is 0.0438. The number of phenols is 1. The van der Waals surface area contributed by atoms with E-state index in [9.17, 15) is 41.8 Å². The number of anilines is 3. The number of Topliss-reactive ketones (excluding diaryl/α,β-unsaturated/α-hetero) is 2. The Kier molecular flexibility index (Phi) is 21.5. The maximum absolute atomic E-state index is 15.2. The van der Waals surface area contributed by atoms with E-state index in [4.69, 9.17) is 32.1 Å². The zero-order valence-corrected chi connectivity index (χ0v) is 59.3. The van der Waals surface area contributed by atoms with Crippen LogP contribution in [-0.2, 0) is 44.3 Å². The number of aromatic nitrogens is 2. The van der Waals surface area contributed by atoms with Crippen LogP contribution in [0.25, 0.3) is 45.0 Å². The number of nitroso groups, excluding NO2 is 1. The third kappa shape index (κ3) is 15.5. The lowest BCUT2D eigenvalue weighted by molar-refractivity contribution is -0.729. The van der Waals surface area contributed by atoms with Gasteiger partial charge in [0.25, 0.3) is 21.8 Å². The van der Waals surface area contributed by atoms with E-state index in [2.05, 4.69) is 20.7 Å². The van der Waals surface area contributed by atoms with E-state index in [1.807, 2.05) is 157 Å². The van der Waals surface area contributed by atoms with Crippen molar-refractivity contribution in [2.75, 3.05) is 15.4 Å². The number of hydrogen-bond donors (Lipinski definition) is 5. The molecule has 3 heterocycles. The van der Waals surface area contributed by atoms with E-state index in [0.29, 0.717) is 66.6 Å². The molecule has 3 atom stereocenters. The number of ether oxygens (including phenoxy) is 1. The summed E-state index contributed by atoms with van der Waals surface area (Å²) in [7, 11) is -2.32. The summed E-state index contributed by atoms with van der Waals surface area (Å²) in [4.78, 5) is 86.0. The number of phenolic OH excluding ortho intramolecular Hbond substituents is 1. The summed E-state index contributed by atoms with van der Waals surface area (Å²) in [6.07, 6.45) is -1.63. The molecule has 0 saturated carbocycles. The molecule has 20 nitrogen and oxygen atoms in total. The first-order valence-corrected chi connectivity index (χ1v) is 35.4. The minimum atomic E-state index is -4.20. The van der Waals surface area contributed by atoms with Crippen molar-refractivity contribution in [2.24, 2.45) is 7.05 Å². The van der Waals surface area contributed by atoms with Crippen LogP contribution in [0, 0.1) is 25.7 Å². The van der Waals surface area contributed by atoms with Crippen molar-refractivity contribution < 1.29 is 55.5 Å². The van der Waals surface area contributed by atoms with E-state index in [0.717, 1.165) is 33.6 Å². The van der Waals surface area contributed by atoms with Gasteiger partial charge in [0.05, 0.1) is 53.2 Å². The topological polar surface area (TPSA) is 257 Å². The Labute approximate surface area is 601 Å². The molecule has 1 fully saturated rings. The molecule has 518 valence electrons. The average molecular weight is 1450 g/mol. The number of rotatable bonds is 22. The molecule has 11 aromatic rings. The molecule has 0 radical (unpaired) electrons. The van der Waals surface area contributed by atoms with E-state index in [1.54, 1.807) is 44.2 Å². The van der Waals surface area contributed by atoms with Gasteiger partial charge in [0, 0.05) is 49.9 Å². The van der Waals surface area contributed by atoms with E-state index < -0.39 is 68.3 Å². The number of aryl methyl sites for hydroxylation is 2. The van der Waals surface area contributed by atoms with Crippen LogP contribution < -0.4 is 29.6 Å². The summed E-state index contributed by atoms with van der Waals surface area (Å²) in [5.74, 6) is -2.57. The zero-order valence-electron chi connectivity index (χ0n) is 56.2. The van der Waals surface area contributed by atoms with Crippen molar-refractivity contribution in [1.29, 1.82) is 0 Å². The zero-order chi connectivity index (χ0) is 72.7. The highest BCUT2D eigenvalue weighted by Crippen LogP contribution is 2.40. The van der Waals surface area contributed by atoms with Crippen LogP contribution in [0.1, 0.15) is 58.2 Å². The van der Waals surface area contributed by atoms with Crippen molar-refractivity contribution in [1.82, 2.24) is 19.5 Å². The monoisotopic (exact) mass is 1440 g/mol. The fourth-order valence-electron chi connectivity index (χ4n) is 11.8. The summed E-state index contributed by atoms with van der Waals surface area (Å²) >= 11 is 10.7. The van der Waals surface area contributed by atoms with Crippen LogP contribution in [0.4, 0.5) is 21.9 Å². The number of amides is 4. The quantitative estimate of drug-likeness (QED) is 0.0241. The first-order valence-electron chi connectivity index (χ1n) is 32.1. The Morgan fingerprint density at radius 3 is 1.74 bits per heavy atom. The normalized spacial score (nSPS) is 13.4. The van der Waals surface area contributed by atoms with Crippen molar-refractivity contribution in [3.8, 4) is 62.3 Å². The second-order valence-electron chi connectivity index (χ2n) is 24.3. The van der Waals surface area contributed by atoms with Gasteiger partial charge in [-0.25, -0.2) is 17.4 Å². The van der Waals surface area contributed by atoms with Crippen molar-refractivity contribution >= 4 is 90.8 Å². The highest BCUT2D eigenvalue weighted by molar-refractivity contribution is 7.92. The van der Waals surface area contributed by atoms with E-state index >= 15 is 4.79 Å². The number of aromatic hydroxyl groups is 1.